The highest BCUT2D eigenvalue weighted by molar-refractivity contribution is 9.10. The number of hydrogen-bond acceptors (Lipinski definition) is 6. The summed E-state index contributed by atoms with van der Waals surface area (Å²) >= 11 is 3.41. The maximum Gasteiger partial charge on any atom is 0.229 e. The van der Waals surface area contributed by atoms with Crippen LogP contribution in [0.5, 0.6) is 11.6 Å². The zero-order valence-corrected chi connectivity index (χ0v) is 17.2. The van der Waals surface area contributed by atoms with Crippen LogP contribution in [0.25, 0.3) is 0 Å². The molecule has 1 aliphatic heterocycles. The molecule has 1 fully saturated rings. The first-order valence-corrected chi connectivity index (χ1v) is 10.2. The summed E-state index contributed by atoms with van der Waals surface area (Å²) in [4.78, 5) is 27.6. The summed E-state index contributed by atoms with van der Waals surface area (Å²) in [7, 11) is 0. The summed E-state index contributed by atoms with van der Waals surface area (Å²) in [6, 6.07) is 11.1. The van der Waals surface area contributed by atoms with E-state index >= 15 is 0 Å². The smallest absolute Gasteiger partial charge is 0.229 e. The number of carbonyl (C=O) groups is 1. The van der Waals surface area contributed by atoms with Crippen LogP contribution in [0.4, 0.5) is 11.5 Å². The number of amides is 1. The van der Waals surface area contributed by atoms with Gasteiger partial charge in [-0.2, -0.15) is 0 Å². The van der Waals surface area contributed by atoms with E-state index in [0.717, 1.165) is 29.7 Å². The van der Waals surface area contributed by atoms with Crippen LogP contribution in [0.3, 0.4) is 0 Å². The van der Waals surface area contributed by atoms with Crippen molar-refractivity contribution in [2.75, 3.05) is 23.3 Å². The van der Waals surface area contributed by atoms with Gasteiger partial charge in [0.2, 0.25) is 11.8 Å². The maximum absolute atomic E-state index is 12.7. The van der Waals surface area contributed by atoms with E-state index < -0.39 is 0 Å². The van der Waals surface area contributed by atoms with Crippen LogP contribution in [0, 0.1) is 5.92 Å². The molecular formula is C21H20BrN5O2. The van der Waals surface area contributed by atoms with E-state index in [-0.39, 0.29) is 11.8 Å². The molecule has 1 aliphatic rings. The van der Waals surface area contributed by atoms with Crippen molar-refractivity contribution in [3.63, 3.8) is 0 Å². The van der Waals surface area contributed by atoms with Gasteiger partial charge in [0.25, 0.3) is 0 Å². The largest absolute Gasteiger partial charge is 0.439 e. The summed E-state index contributed by atoms with van der Waals surface area (Å²) in [5.74, 6) is 1.84. The van der Waals surface area contributed by atoms with Gasteiger partial charge in [-0.15, -0.1) is 0 Å². The first-order chi connectivity index (χ1) is 14.2. The zero-order chi connectivity index (χ0) is 20.1. The van der Waals surface area contributed by atoms with Crippen molar-refractivity contribution in [2.24, 2.45) is 5.92 Å². The van der Waals surface area contributed by atoms with Gasteiger partial charge in [-0.3, -0.25) is 9.78 Å². The minimum atomic E-state index is -0.108. The Morgan fingerprint density at radius 1 is 1.17 bits per heavy atom. The Balaban J connectivity index is 1.35. The van der Waals surface area contributed by atoms with Gasteiger partial charge in [0.1, 0.15) is 11.6 Å². The van der Waals surface area contributed by atoms with E-state index in [1.165, 1.54) is 0 Å². The summed E-state index contributed by atoms with van der Waals surface area (Å²) in [6.07, 6.45) is 8.44. The van der Waals surface area contributed by atoms with Gasteiger partial charge in [-0.05, 0) is 37.1 Å². The first-order valence-electron chi connectivity index (χ1n) is 9.39. The molecule has 1 unspecified atom stereocenters. The molecule has 2 aromatic heterocycles. The molecule has 0 spiro atoms. The number of nitrogens with one attached hydrogen (secondary N) is 1. The van der Waals surface area contributed by atoms with Gasteiger partial charge in [0, 0.05) is 36.0 Å². The quantitative estimate of drug-likeness (QED) is 0.620. The van der Waals surface area contributed by atoms with Crippen molar-refractivity contribution < 1.29 is 9.53 Å². The van der Waals surface area contributed by atoms with Crippen molar-refractivity contribution in [1.82, 2.24) is 15.0 Å². The molecule has 0 bridgehead atoms. The van der Waals surface area contributed by atoms with Gasteiger partial charge in [-0.1, -0.05) is 22.0 Å². The summed E-state index contributed by atoms with van der Waals surface area (Å²) < 4.78 is 6.66. The van der Waals surface area contributed by atoms with Gasteiger partial charge in [-0.25, -0.2) is 9.97 Å². The Morgan fingerprint density at radius 3 is 2.86 bits per heavy atom. The standard InChI is InChI=1S/C21H20BrN5O2/c22-16-4-1-5-18(11-16)29-20-7-6-17(12-25-20)26-21(28)15-3-2-10-27(14-15)19-13-23-8-9-24-19/h1,4-9,11-13,15H,2-3,10,14H2,(H,26,28). The number of ether oxygens (including phenoxy) is 1. The Labute approximate surface area is 177 Å². The van der Waals surface area contributed by atoms with Crippen molar-refractivity contribution in [3.05, 3.63) is 65.7 Å². The molecule has 1 aromatic carbocycles. The third-order valence-corrected chi connectivity index (χ3v) is 5.18. The average Bonchev–Trinajstić information content (AvgIpc) is 2.76. The van der Waals surface area contributed by atoms with Gasteiger partial charge < -0.3 is 15.0 Å². The third kappa shape index (κ3) is 5.08. The van der Waals surface area contributed by atoms with E-state index in [9.17, 15) is 4.79 Å². The first kappa shape index (κ1) is 19.3. The molecule has 0 aliphatic carbocycles. The van der Waals surface area contributed by atoms with E-state index in [2.05, 4.69) is 41.1 Å². The Hall–Kier alpha value is -3.00. The summed E-state index contributed by atoms with van der Waals surface area (Å²) in [5.41, 5.74) is 0.646. The number of rotatable bonds is 5. The minimum Gasteiger partial charge on any atom is -0.439 e. The molecule has 4 rings (SSSR count). The van der Waals surface area contributed by atoms with Gasteiger partial charge in [0.05, 0.1) is 24.0 Å². The lowest BCUT2D eigenvalue weighted by molar-refractivity contribution is -0.120. The van der Waals surface area contributed by atoms with Crippen LogP contribution in [-0.2, 0) is 4.79 Å². The molecule has 1 saturated heterocycles. The van der Waals surface area contributed by atoms with E-state index in [0.29, 0.717) is 23.9 Å². The second-order valence-corrected chi connectivity index (χ2v) is 7.70. The van der Waals surface area contributed by atoms with Crippen molar-refractivity contribution in [3.8, 4) is 11.6 Å². The van der Waals surface area contributed by atoms with E-state index in [1.807, 2.05) is 24.3 Å². The molecule has 3 aromatic rings. The number of hydrogen-bond donors (Lipinski definition) is 1. The molecular weight excluding hydrogens is 434 g/mol. The number of benzene rings is 1. The lowest BCUT2D eigenvalue weighted by Gasteiger charge is -2.32. The summed E-state index contributed by atoms with van der Waals surface area (Å²) in [5, 5.41) is 2.96. The number of carbonyl (C=O) groups excluding carboxylic acids is 1. The van der Waals surface area contributed by atoms with Crippen molar-refractivity contribution >= 4 is 33.3 Å². The number of pyridine rings is 1. The van der Waals surface area contributed by atoms with Crippen molar-refractivity contribution in [2.45, 2.75) is 12.8 Å². The highest BCUT2D eigenvalue weighted by Gasteiger charge is 2.26. The molecule has 7 nitrogen and oxygen atoms in total. The molecule has 0 saturated carbocycles. The topological polar surface area (TPSA) is 80.2 Å². The Bertz CT molecular complexity index is 968. The van der Waals surface area contributed by atoms with Crippen LogP contribution < -0.4 is 15.0 Å². The van der Waals surface area contributed by atoms with Crippen LogP contribution in [0.1, 0.15) is 12.8 Å². The predicted octanol–water partition coefficient (Wildman–Crippen LogP) is 4.28. The van der Waals surface area contributed by atoms with Crippen LogP contribution >= 0.6 is 15.9 Å². The highest BCUT2D eigenvalue weighted by atomic mass is 79.9. The minimum absolute atomic E-state index is 0.0129. The lowest BCUT2D eigenvalue weighted by Crippen LogP contribution is -2.41. The van der Waals surface area contributed by atoms with Gasteiger partial charge in [0.15, 0.2) is 0 Å². The highest BCUT2D eigenvalue weighted by Crippen LogP contribution is 2.25. The fraction of sp³-hybridized carbons (Fsp3) is 0.238. The van der Waals surface area contributed by atoms with Crippen LogP contribution in [0.2, 0.25) is 0 Å². The van der Waals surface area contributed by atoms with E-state index in [1.54, 1.807) is 36.9 Å². The van der Waals surface area contributed by atoms with Crippen LogP contribution in [0.15, 0.2) is 65.7 Å². The third-order valence-electron chi connectivity index (χ3n) is 4.69. The number of anilines is 2. The Morgan fingerprint density at radius 2 is 2.10 bits per heavy atom. The molecule has 148 valence electrons. The number of halogens is 1. The molecule has 0 radical (unpaired) electrons. The predicted molar refractivity (Wildman–Crippen MR) is 114 cm³/mol. The van der Waals surface area contributed by atoms with Gasteiger partial charge >= 0.3 is 0 Å². The normalized spacial score (nSPS) is 16.3. The molecule has 1 amide bonds. The summed E-state index contributed by atoms with van der Waals surface area (Å²) in [6.45, 7) is 1.51. The lowest BCUT2D eigenvalue weighted by atomic mass is 9.97. The molecule has 3 heterocycles. The van der Waals surface area contributed by atoms with Crippen LogP contribution in [-0.4, -0.2) is 33.9 Å². The molecule has 1 atom stereocenters. The molecule has 8 heteroatoms. The Kier molecular flexibility index (Phi) is 6.00. The zero-order valence-electron chi connectivity index (χ0n) is 15.7. The maximum atomic E-state index is 12.7. The monoisotopic (exact) mass is 453 g/mol. The number of aromatic nitrogens is 3. The SMILES string of the molecule is O=C(Nc1ccc(Oc2cccc(Br)c2)nc1)C1CCCN(c2cnccn2)C1. The van der Waals surface area contributed by atoms with Crippen molar-refractivity contribution in [1.29, 1.82) is 0 Å². The van der Waals surface area contributed by atoms with E-state index in [4.69, 9.17) is 4.74 Å². The fourth-order valence-corrected chi connectivity index (χ4v) is 3.64. The second-order valence-electron chi connectivity index (χ2n) is 6.78. The second kappa shape index (κ2) is 9.00. The molecule has 29 heavy (non-hydrogen) atoms. The number of piperidine rings is 1. The number of nitrogens with zero attached hydrogens (tertiary/aromatic N) is 4. The molecule has 1 N–H and O–H groups in total. The average molecular weight is 454 g/mol. The fourth-order valence-electron chi connectivity index (χ4n) is 3.26.